The lowest BCUT2D eigenvalue weighted by Gasteiger charge is -2.06. The molecule has 4 aromatic rings. The second kappa shape index (κ2) is 16.3. The van der Waals surface area contributed by atoms with Crippen molar-refractivity contribution in [3.05, 3.63) is 101 Å². The van der Waals surface area contributed by atoms with Gasteiger partial charge in [0.2, 0.25) is 0 Å². The Morgan fingerprint density at radius 1 is 0.947 bits per heavy atom. The number of halogens is 2. The number of thiocarbonyl (C=S) groups is 1. The number of oxime groups is 1. The lowest BCUT2D eigenvalue weighted by atomic mass is 10.1. The molecule has 4 N–H and O–H groups in total. The highest BCUT2D eigenvalue weighted by Crippen LogP contribution is 2.17. The molecule has 1 aliphatic carbocycles. The standard InChI is InChI=1S/C7H8N2OS.C7H9NO.C6H4Cl2.C6H4N2OS/c1-10-9-7-5(8)3-2-4-6(7)11;1-9-7-4-2-6(8)3-5-7;7-5-2-1-3-6(8)4-5;10-5-3-1-2-4-6(5)8-9-7-4/h2-4H,8H2,1H3;2-5H,8H2,1H3;1-4H;1-3,10H/b9-7+;;;. The Morgan fingerprint density at radius 2 is 1.61 bits per heavy atom. The maximum atomic E-state index is 5.57. The first-order chi connectivity index (χ1) is 18.2. The van der Waals surface area contributed by atoms with Gasteiger partial charge in [-0.15, -0.1) is 12.6 Å². The first-order valence-electron chi connectivity index (χ1n) is 10.8. The normalized spacial score (nSPS) is 12.7. The van der Waals surface area contributed by atoms with Crippen molar-refractivity contribution < 1.29 is 14.2 Å². The molecule has 0 bridgehead atoms. The maximum Gasteiger partial charge on any atom is 0.148 e. The number of nitrogens with two attached hydrogens (primary N) is 2. The van der Waals surface area contributed by atoms with Gasteiger partial charge in [-0.1, -0.05) is 58.8 Å². The smallest absolute Gasteiger partial charge is 0.148 e. The van der Waals surface area contributed by atoms with Crippen LogP contribution in [0.3, 0.4) is 0 Å². The molecule has 38 heavy (non-hydrogen) atoms. The predicted octanol–water partition coefficient (Wildman–Crippen LogP) is 6.55. The number of allylic oxidation sites excluding steroid dienone is 4. The van der Waals surface area contributed by atoms with Gasteiger partial charge in [0, 0.05) is 20.6 Å². The van der Waals surface area contributed by atoms with E-state index in [0.717, 1.165) is 21.8 Å². The summed E-state index contributed by atoms with van der Waals surface area (Å²) in [4.78, 5) is 5.96. The van der Waals surface area contributed by atoms with Crippen molar-refractivity contribution >= 4 is 75.3 Å². The van der Waals surface area contributed by atoms with E-state index in [1.54, 1.807) is 55.7 Å². The van der Waals surface area contributed by atoms with Crippen LogP contribution in [0.15, 0.2) is 105 Å². The lowest BCUT2D eigenvalue weighted by Crippen LogP contribution is -2.21. The van der Waals surface area contributed by atoms with E-state index in [2.05, 4.69) is 37.6 Å². The first-order valence-corrected chi connectivity index (χ1v) is 12.4. The average molecular weight is 591 g/mol. The molecule has 1 heterocycles. The number of benzene rings is 3. The van der Waals surface area contributed by atoms with E-state index in [0.29, 0.717) is 31.8 Å². The molecular formula is C26H25Cl2N5O3S2. The topological polar surface area (TPSA) is 122 Å². The van der Waals surface area contributed by atoms with Gasteiger partial charge in [0.25, 0.3) is 0 Å². The van der Waals surface area contributed by atoms with Crippen molar-refractivity contribution in [3.8, 4) is 5.75 Å². The van der Waals surface area contributed by atoms with E-state index in [1.807, 2.05) is 36.4 Å². The summed E-state index contributed by atoms with van der Waals surface area (Å²) >= 11 is 20.2. The van der Waals surface area contributed by atoms with Crippen LogP contribution >= 0.6 is 48.0 Å². The summed E-state index contributed by atoms with van der Waals surface area (Å²) in [7, 11) is 3.09. The molecule has 12 heteroatoms. The molecule has 5 rings (SSSR count). The molecule has 0 saturated heterocycles. The Morgan fingerprint density at radius 3 is 2.13 bits per heavy atom. The van der Waals surface area contributed by atoms with Crippen LogP contribution in [0.5, 0.6) is 5.75 Å². The van der Waals surface area contributed by atoms with Gasteiger partial charge in [0.1, 0.15) is 29.6 Å². The molecular weight excluding hydrogens is 565 g/mol. The number of hydrogen-bond acceptors (Lipinski definition) is 10. The second-order valence-corrected chi connectivity index (χ2v) is 8.88. The molecule has 0 saturated carbocycles. The van der Waals surface area contributed by atoms with Crippen LogP contribution in [-0.2, 0) is 4.84 Å². The van der Waals surface area contributed by atoms with Crippen LogP contribution in [0.2, 0.25) is 10.0 Å². The summed E-state index contributed by atoms with van der Waals surface area (Å²) in [5.41, 5.74) is 14.3. The van der Waals surface area contributed by atoms with Gasteiger partial charge in [-0.3, -0.25) is 0 Å². The molecule has 1 aromatic heterocycles. The summed E-state index contributed by atoms with van der Waals surface area (Å²) in [5.74, 6) is 0.837. The van der Waals surface area contributed by atoms with Crippen molar-refractivity contribution in [3.63, 3.8) is 0 Å². The van der Waals surface area contributed by atoms with E-state index < -0.39 is 0 Å². The number of aromatic nitrogens is 2. The van der Waals surface area contributed by atoms with Crippen molar-refractivity contribution in [1.82, 2.24) is 10.3 Å². The fourth-order valence-electron chi connectivity index (χ4n) is 2.58. The van der Waals surface area contributed by atoms with Gasteiger partial charge in [-0.05, 0) is 77.1 Å². The van der Waals surface area contributed by atoms with E-state index in [1.165, 1.54) is 7.11 Å². The summed E-state index contributed by atoms with van der Waals surface area (Å²) in [6.07, 6.45) is 5.27. The Hall–Kier alpha value is -3.57. The molecule has 0 amide bonds. The van der Waals surface area contributed by atoms with Crippen molar-refractivity contribution in [2.75, 3.05) is 20.0 Å². The molecule has 0 atom stereocenters. The first kappa shape index (κ1) is 30.7. The molecule has 198 valence electrons. The zero-order valence-corrected chi connectivity index (χ0v) is 23.6. The zero-order valence-electron chi connectivity index (χ0n) is 20.4. The molecule has 0 radical (unpaired) electrons. The third-order valence-corrected chi connectivity index (χ3v) is 5.54. The monoisotopic (exact) mass is 589 g/mol. The summed E-state index contributed by atoms with van der Waals surface area (Å²) in [5, 5.41) is 12.3. The van der Waals surface area contributed by atoms with E-state index in [-0.39, 0.29) is 0 Å². The fraction of sp³-hybridized carbons (Fsp3) is 0.0769. The van der Waals surface area contributed by atoms with Crippen molar-refractivity contribution in [2.24, 2.45) is 10.9 Å². The molecule has 3 aromatic carbocycles. The number of thiol groups is 1. The number of ether oxygens (including phenoxy) is 1. The number of rotatable bonds is 2. The SMILES string of the molecule is CO/N=C1/C(=S)C=CC=C1N.COc1ccc(N)cc1.Clc1cccc(Cl)c1.Sc1cccc2nonc12. The number of nitrogen functional groups attached to an aromatic ring is 1. The minimum Gasteiger partial charge on any atom is -0.497 e. The average Bonchev–Trinajstić information content (AvgIpc) is 3.39. The minimum atomic E-state index is 0.532. The van der Waals surface area contributed by atoms with Crippen molar-refractivity contribution in [2.45, 2.75) is 4.90 Å². The van der Waals surface area contributed by atoms with Gasteiger partial charge in [-0.2, -0.15) is 0 Å². The zero-order chi connectivity index (χ0) is 27.9. The number of methoxy groups -OCH3 is 1. The molecule has 8 nitrogen and oxygen atoms in total. The van der Waals surface area contributed by atoms with E-state index >= 15 is 0 Å². The van der Waals surface area contributed by atoms with Crippen LogP contribution in [0.4, 0.5) is 5.69 Å². The van der Waals surface area contributed by atoms with Gasteiger partial charge >= 0.3 is 0 Å². The molecule has 0 aliphatic heterocycles. The number of hydrogen-bond donors (Lipinski definition) is 3. The molecule has 0 unspecified atom stereocenters. The minimum absolute atomic E-state index is 0.532. The predicted molar refractivity (Wildman–Crippen MR) is 161 cm³/mol. The Kier molecular flexibility index (Phi) is 13.2. The highest BCUT2D eigenvalue weighted by Gasteiger charge is 2.10. The largest absolute Gasteiger partial charge is 0.497 e. The molecule has 0 spiro atoms. The summed E-state index contributed by atoms with van der Waals surface area (Å²) in [6.45, 7) is 0. The Bertz CT molecular complexity index is 1410. The highest BCUT2D eigenvalue weighted by atomic mass is 35.5. The third-order valence-electron chi connectivity index (χ3n) is 4.38. The second-order valence-electron chi connectivity index (χ2n) is 7.09. The van der Waals surface area contributed by atoms with Gasteiger partial charge in [0.05, 0.1) is 17.7 Å². The van der Waals surface area contributed by atoms with Crippen LogP contribution in [0.1, 0.15) is 0 Å². The quantitative estimate of drug-likeness (QED) is 0.104. The maximum absolute atomic E-state index is 5.57. The van der Waals surface area contributed by atoms with Crippen LogP contribution < -0.4 is 16.2 Å². The van der Waals surface area contributed by atoms with Crippen molar-refractivity contribution in [1.29, 1.82) is 0 Å². The van der Waals surface area contributed by atoms with Crippen LogP contribution in [-0.4, -0.2) is 35.1 Å². The highest BCUT2D eigenvalue weighted by molar-refractivity contribution is 7.82. The third kappa shape index (κ3) is 10.4. The number of anilines is 1. The van der Waals surface area contributed by atoms with E-state index in [9.17, 15) is 0 Å². The fourth-order valence-corrected chi connectivity index (χ4v) is 3.50. The Balaban J connectivity index is 0.000000179. The molecule has 0 fully saturated rings. The summed E-state index contributed by atoms with van der Waals surface area (Å²) < 4.78 is 9.41. The lowest BCUT2D eigenvalue weighted by molar-refractivity contribution is 0.214. The Labute approximate surface area is 241 Å². The van der Waals surface area contributed by atoms with Gasteiger partial charge < -0.3 is 21.0 Å². The summed E-state index contributed by atoms with van der Waals surface area (Å²) in [6, 6.07) is 19.9. The van der Waals surface area contributed by atoms with Crippen LogP contribution in [0.25, 0.3) is 11.0 Å². The number of nitrogens with zero attached hydrogens (tertiary/aromatic N) is 3. The molecule has 1 aliphatic rings. The van der Waals surface area contributed by atoms with Gasteiger partial charge in [0.15, 0.2) is 0 Å². The van der Waals surface area contributed by atoms with Gasteiger partial charge in [-0.25, -0.2) is 4.63 Å². The van der Waals surface area contributed by atoms with E-state index in [4.69, 9.17) is 51.6 Å². The number of fused-ring (bicyclic) bond motifs is 1. The van der Waals surface area contributed by atoms with Crippen LogP contribution in [0, 0.1) is 0 Å².